The molecule has 140 valence electrons. The van der Waals surface area contributed by atoms with Gasteiger partial charge in [0.05, 0.1) is 6.54 Å². The lowest BCUT2D eigenvalue weighted by Gasteiger charge is -2.23. The van der Waals surface area contributed by atoms with Crippen molar-refractivity contribution in [2.75, 3.05) is 20.1 Å². The van der Waals surface area contributed by atoms with Crippen LogP contribution in [0.15, 0.2) is 47.7 Å². The molecule has 0 aliphatic rings. The van der Waals surface area contributed by atoms with Crippen molar-refractivity contribution >= 4 is 5.96 Å². The Morgan fingerprint density at radius 1 is 1.42 bits per heavy atom. The maximum Gasteiger partial charge on any atom is 0.194 e. The van der Waals surface area contributed by atoms with Crippen molar-refractivity contribution in [2.24, 2.45) is 4.99 Å². The van der Waals surface area contributed by atoms with Crippen molar-refractivity contribution in [2.45, 2.75) is 33.4 Å². The molecule has 6 nitrogen and oxygen atoms in total. The Kier molecular flexibility index (Phi) is 7.32. The van der Waals surface area contributed by atoms with Crippen molar-refractivity contribution in [1.82, 2.24) is 25.0 Å². The number of aliphatic imine (C=N–C) groups is 1. The fourth-order valence-electron chi connectivity index (χ4n) is 2.53. The minimum absolute atomic E-state index is 0.232. The fraction of sp³-hybridized carbons (Fsp3) is 0.421. The molecule has 1 aromatic carbocycles. The van der Waals surface area contributed by atoms with Gasteiger partial charge in [0.2, 0.25) is 0 Å². The van der Waals surface area contributed by atoms with Crippen molar-refractivity contribution in [3.05, 3.63) is 59.9 Å². The summed E-state index contributed by atoms with van der Waals surface area (Å²) < 4.78 is 15.4. The number of hydrogen-bond acceptors (Lipinski definition) is 3. The van der Waals surface area contributed by atoms with E-state index in [0.29, 0.717) is 19.6 Å². The molecule has 0 saturated heterocycles. The smallest absolute Gasteiger partial charge is 0.194 e. The first kappa shape index (κ1) is 19.6. The molecular formula is C19H27FN6. The first-order valence-corrected chi connectivity index (χ1v) is 8.74. The topological polar surface area (TPSA) is 58.3 Å². The van der Waals surface area contributed by atoms with Gasteiger partial charge >= 0.3 is 0 Å². The van der Waals surface area contributed by atoms with E-state index in [1.807, 2.05) is 29.5 Å². The van der Waals surface area contributed by atoms with Crippen LogP contribution in [0.5, 0.6) is 0 Å². The highest BCUT2D eigenvalue weighted by molar-refractivity contribution is 5.79. The highest BCUT2D eigenvalue weighted by atomic mass is 19.1. The van der Waals surface area contributed by atoms with E-state index in [9.17, 15) is 4.39 Å². The van der Waals surface area contributed by atoms with Gasteiger partial charge in [0.25, 0.3) is 0 Å². The van der Waals surface area contributed by atoms with Gasteiger partial charge in [-0.05, 0) is 24.6 Å². The Bertz CT molecular complexity index is 752. The number of nitrogens with zero attached hydrogens (tertiary/aromatic N) is 5. The molecule has 0 aliphatic carbocycles. The van der Waals surface area contributed by atoms with Gasteiger partial charge in [0, 0.05) is 33.1 Å². The molecule has 0 fully saturated rings. The molecule has 7 heteroatoms. The summed E-state index contributed by atoms with van der Waals surface area (Å²) in [5.74, 6) is 1.48. The van der Waals surface area contributed by atoms with Crippen LogP contribution in [0.4, 0.5) is 4.39 Å². The number of rotatable bonds is 8. The van der Waals surface area contributed by atoms with Crippen LogP contribution >= 0.6 is 0 Å². The van der Waals surface area contributed by atoms with E-state index in [-0.39, 0.29) is 5.82 Å². The zero-order valence-corrected chi connectivity index (χ0v) is 15.7. The van der Waals surface area contributed by atoms with Crippen molar-refractivity contribution in [3.63, 3.8) is 0 Å². The molecule has 0 aliphatic heterocycles. The lowest BCUT2D eigenvalue weighted by molar-refractivity contribution is 0.469. The summed E-state index contributed by atoms with van der Waals surface area (Å²) in [7, 11) is 1.94. The monoisotopic (exact) mass is 358 g/mol. The van der Waals surface area contributed by atoms with Gasteiger partial charge in [-0.2, -0.15) is 0 Å². The van der Waals surface area contributed by atoms with Crippen LogP contribution in [-0.2, 0) is 19.5 Å². The van der Waals surface area contributed by atoms with Crippen LogP contribution in [0, 0.1) is 5.82 Å². The van der Waals surface area contributed by atoms with Gasteiger partial charge < -0.3 is 14.8 Å². The molecule has 2 aromatic rings. The number of nitrogens with one attached hydrogen (secondary N) is 1. The van der Waals surface area contributed by atoms with Crippen LogP contribution < -0.4 is 5.32 Å². The molecule has 0 bridgehead atoms. The predicted octanol–water partition coefficient (Wildman–Crippen LogP) is 2.63. The third-order valence-electron chi connectivity index (χ3n) is 3.82. The average Bonchev–Trinajstić information content (AvgIpc) is 3.05. The largest absolute Gasteiger partial charge is 0.354 e. The summed E-state index contributed by atoms with van der Waals surface area (Å²) in [6, 6.07) is 6.61. The quantitative estimate of drug-likeness (QED) is 0.448. The second-order valence-corrected chi connectivity index (χ2v) is 6.30. The second-order valence-electron chi connectivity index (χ2n) is 6.30. The Morgan fingerprint density at radius 2 is 2.23 bits per heavy atom. The number of aromatic nitrogens is 3. The van der Waals surface area contributed by atoms with Gasteiger partial charge in [-0.1, -0.05) is 31.2 Å². The first-order valence-electron chi connectivity index (χ1n) is 8.74. The van der Waals surface area contributed by atoms with Gasteiger partial charge in [0.15, 0.2) is 5.96 Å². The maximum atomic E-state index is 13.4. The maximum absolute atomic E-state index is 13.4. The van der Waals surface area contributed by atoms with E-state index < -0.39 is 0 Å². The van der Waals surface area contributed by atoms with E-state index in [4.69, 9.17) is 0 Å². The summed E-state index contributed by atoms with van der Waals surface area (Å²) in [6.45, 7) is 10.4. The van der Waals surface area contributed by atoms with Gasteiger partial charge in [0.1, 0.15) is 18.0 Å². The Balaban J connectivity index is 2.00. The number of hydrogen-bond donors (Lipinski definition) is 1. The molecule has 1 aromatic heterocycles. The Morgan fingerprint density at radius 3 is 2.92 bits per heavy atom. The summed E-state index contributed by atoms with van der Waals surface area (Å²) in [5, 5.41) is 11.4. The molecule has 1 heterocycles. The molecule has 0 amide bonds. The molecule has 2 rings (SSSR count). The van der Waals surface area contributed by atoms with Gasteiger partial charge in [-0.25, -0.2) is 9.38 Å². The average molecular weight is 358 g/mol. The zero-order chi connectivity index (χ0) is 18.9. The summed E-state index contributed by atoms with van der Waals surface area (Å²) in [4.78, 5) is 6.58. The minimum Gasteiger partial charge on any atom is -0.354 e. The van der Waals surface area contributed by atoms with E-state index >= 15 is 0 Å². The minimum atomic E-state index is -0.232. The van der Waals surface area contributed by atoms with E-state index in [1.54, 1.807) is 12.4 Å². The van der Waals surface area contributed by atoms with Crippen LogP contribution in [-0.4, -0.2) is 45.8 Å². The molecule has 0 unspecified atom stereocenters. The second kappa shape index (κ2) is 9.70. The number of aryl methyl sites for hydroxylation is 1. The van der Waals surface area contributed by atoms with Crippen LogP contribution in [0.2, 0.25) is 0 Å². The molecule has 0 saturated carbocycles. The normalized spacial score (nSPS) is 11.5. The molecular weight excluding hydrogens is 331 g/mol. The Hall–Kier alpha value is -2.70. The molecule has 26 heavy (non-hydrogen) atoms. The lowest BCUT2D eigenvalue weighted by atomic mass is 10.2. The number of halogens is 1. The summed E-state index contributed by atoms with van der Waals surface area (Å²) >= 11 is 0. The summed E-state index contributed by atoms with van der Waals surface area (Å²) in [5.41, 5.74) is 1.87. The van der Waals surface area contributed by atoms with E-state index in [0.717, 1.165) is 35.9 Å². The van der Waals surface area contributed by atoms with Crippen molar-refractivity contribution in [1.29, 1.82) is 0 Å². The number of benzene rings is 1. The third kappa shape index (κ3) is 5.98. The first-order chi connectivity index (χ1) is 12.5. The SMILES string of the molecule is C=C(C)CN=C(NCCn1cnnc1CC)N(C)Cc1cccc(F)c1. The predicted molar refractivity (Wildman–Crippen MR) is 102 cm³/mol. The molecule has 0 atom stereocenters. The van der Waals surface area contributed by atoms with Crippen LogP contribution in [0.1, 0.15) is 25.2 Å². The zero-order valence-electron chi connectivity index (χ0n) is 15.7. The van der Waals surface area contributed by atoms with Gasteiger partial charge in [-0.3, -0.25) is 0 Å². The van der Waals surface area contributed by atoms with Gasteiger partial charge in [-0.15, -0.1) is 10.2 Å². The lowest BCUT2D eigenvalue weighted by Crippen LogP contribution is -2.40. The molecule has 0 radical (unpaired) electrons. The Labute approximate surface area is 154 Å². The summed E-state index contributed by atoms with van der Waals surface area (Å²) in [6.07, 6.45) is 2.58. The molecule has 0 spiro atoms. The van der Waals surface area contributed by atoms with Crippen LogP contribution in [0.25, 0.3) is 0 Å². The fourth-order valence-corrected chi connectivity index (χ4v) is 2.53. The highest BCUT2D eigenvalue weighted by Crippen LogP contribution is 2.07. The highest BCUT2D eigenvalue weighted by Gasteiger charge is 2.09. The van der Waals surface area contributed by atoms with Crippen molar-refractivity contribution < 1.29 is 4.39 Å². The van der Waals surface area contributed by atoms with Crippen molar-refractivity contribution in [3.8, 4) is 0 Å². The van der Waals surface area contributed by atoms with Crippen LogP contribution in [0.3, 0.4) is 0 Å². The third-order valence-corrected chi connectivity index (χ3v) is 3.82. The van der Waals surface area contributed by atoms with E-state index in [2.05, 4.69) is 34.0 Å². The molecule has 1 N–H and O–H groups in total. The van der Waals surface area contributed by atoms with E-state index in [1.165, 1.54) is 12.1 Å². The number of guanidine groups is 1. The standard InChI is InChI=1S/C19H27FN6/c1-5-18-24-23-14-26(18)10-9-21-19(22-12-15(2)3)25(4)13-16-7-6-8-17(20)11-16/h6-8,11,14H,2,5,9-10,12-13H2,1,3-4H3,(H,21,22).